The molecule has 0 aromatic heterocycles. The molecule has 1 aliphatic heterocycles. The molecule has 2 aromatic carbocycles. The largest absolute Gasteiger partial charge is 0.508 e. The van der Waals surface area contributed by atoms with Crippen LogP contribution in [0.1, 0.15) is 91.7 Å². The Morgan fingerprint density at radius 1 is 0.779 bits per heavy atom. The molecule has 3 rings (SSSR count). The molecule has 370 valence electrons. The van der Waals surface area contributed by atoms with E-state index in [0.29, 0.717) is 30.4 Å². The van der Waals surface area contributed by atoms with E-state index in [-0.39, 0.29) is 42.9 Å². The minimum Gasteiger partial charge on any atom is -0.508 e. The van der Waals surface area contributed by atoms with Gasteiger partial charge in [0.1, 0.15) is 59.6 Å². The van der Waals surface area contributed by atoms with Crippen LogP contribution in [-0.2, 0) is 65.5 Å². The molecule has 9 N–H and O–H groups in total. The number of hydrogen-bond acceptors (Lipinski definition) is 13. The van der Waals surface area contributed by atoms with Gasteiger partial charge >= 0.3 is 11.9 Å². The number of ether oxygens (including phenoxy) is 2. The van der Waals surface area contributed by atoms with E-state index in [0.717, 1.165) is 12.7 Å². The third kappa shape index (κ3) is 17.2. The summed E-state index contributed by atoms with van der Waals surface area (Å²) in [6, 6.07) is 3.81. The van der Waals surface area contributed by atoms with E-state index < -0.39 is 102 Å². The lowest BCUT2D eigenvalue weighted by molar-refractivity contribution is -0.156. The summed E-state index contributed by atoms with van der Waals surface area (Å²) in [5, 5.41) is 37.6. The highest BCUT2D eigenvalue weighted by atomic mass is 16.5. The van der Waals surface area contributed by atoms with Crippen LogP contribution in [0.2, 0.25) is 0 Å². The number of allylic oxidation sites excluding steroid dienone is 2. The van der Waals surface area contributed by atoms with Gasteiger partial charge < -0.3 is 56.9 Å². The summed E-state index contributed by atoms with van der Waals surface area (Å²) in [6.07, 6.45) is 1.92. The first-order chi connectivity index (χ1) is 32.2. The van der Waals surface area contributed by atoms with Crippen LogP contribution in [0.4, 0.5) is 0 Å². The Morgan fingerprint density at radius 2 is 1.40 bits per heavy atom. The van der Waals surface area contributed by atoms with E-state index in [1.165, 1.54) is 63.2 Å². The van der Waals surface area contributed by atoms with Crippen LogP contribution < -0.4 is 37.2 Å². The van der Waals surface area contributed by atoms with Gasteiger partial charge in [-0.25, -0.2) is 4.79 Å². The standard InChI is InChI=1S/C48H65N7O13/c1-9-27(5)41(59)54-39(26(3)4)46(64)53-37(25-31-17-21-33(57)22-18-31)45(63)55-40-29(7)68-48(66)36(14-12-11-13-30-15-19-32(56)20-16-30)52-44(62)35(23-24-38(58)67-8)51-43(61)34(10-2)50-42(60)28(6)49-47(40)65/h9-10,15-22,26,28-29,35-37,39-40,56-57H,11-14,23-25H2,1-8H3,(H,49,65)(H,50,60)(H,51,61)(H,52,62)(H,53,64)(H,54,59)(H,55,63)/t28-,29+,35+,36-,37+,39-,40-/m0/s1. The lowest BCUT2D eigenvalue weighted by Crippen LogP contribution is -2.62. The van der Waals surface area contributed by atoms with Crippen molar-refractivity contribution in [2.24, 2.45) is 5.92 Å². The number of aryl methyl sites for hydroxylation is 1. The summed E-state index contributed by atoms with van der Waals surface area (Å²) in [6.45, 7) is 10.7. The SMILES string of the molecule is CC=C(C)C(=O)N[C@H](C(=O)N[C@H](Cc1ccc(O)cc1)C(=O)N[C@@H]1C(=O)N[C@@H](C)C(=O)NC(=CC)C(=O)N[C@H](CCC(=O)OC)C(=O)N[C@@H](CCCCc2ccc(O)cc2)C(=O)O[C@@H]1C)C(C)C. The van der Waals surface area contributed by atoms with Crippen LogP contribution in [0, 0.1) is 5.92 Å². The molecule has 0 bridgehead atoms. The molecule has 1 aliphatic rings. The Morgan fingerprint density at radius 3 is 1.97 bits per heavy atom. The van der Waals surface area contributed by atoms with Gasteiger partial charge in [0.05, 0.1) is 7.11 Å². The number of rotatable bonds is 17. The van der Waals surface area contributed by atoms with Crippen molar-refractivity contribution in [1.29, 1.82) is 0 Å². The molecule has 20 nitrogen and oxygen atoms in total. The number of benzene rings is 2. The summed E-state index contributed by atoms with van der Waals surface area (Å²) in [5.41, 5.74) is 1.40. The Hall–Kier alpha value is -7.25. The first-order valence-electron chi connectivity index (χ1n) is 22.4. The second-order valence-corrected chi connectivity index (χ2v) is 16.8. The number of esters is 2. The van der Waals surface area contributed by atoms with Crippen molar-refractivity contribution < 1.29 is 62.8 Å². The van der Waals surface area contributed by atoms with Crippen LogP contribution >= 0.6 is 0 Å². The molecule has 0 radical (unpaired) electrons. The van der Waals surface area contributed by atoms with Gasteiger partial charge in [0.25, 0.3) is 5.91 Å². The van der Waals surface area contributed by atoms with Crippen LogP contribution in [0.25, 0.3) is 0 Å². The lowest BCUT2D eigenvalue weighted by Gasteiger charge is -2.30. The first kappa shape index (κ1) is 55.1. The second kappa shape index (κ2) is 26.8. The molecule has 2 aromatic rings. The topological polar surface area (TPSA) is 297 Å². The van der Waals surface area contributed by atoms with Gasteiger partial charge in [-0.2, -0.15) is 0 Å². The zero-order valence-electron chi connectivity index (χ0n) is 39.7. The Bertz CT molecular complexity index is 2190. The Balaban J connectivity index is 2.07. The summed E-state index contributed by atoms with van der Waals surface area (Å²) >= 11 is 0. The van der Waals surface area contributed by atoms with Crippen molar-refractivity contribution in [2.75, 3.05) is 7.11 Å². The lowest BCUT2D eigenvalue weighted by atomic mass is 10.00. The average molecular weight is 948 g/mol. The molecule has 1 fully saturated rings. The van der Waals surface area contributed by atoms with Crippen LogP contribution in [0.5, 0.6) is 11.5 Å². The monoisotopic (exact) mass is 947 g/mol. The number of amides is 7. The van der Waals surface area contributed by atoms with Gasteiger partial charge in [0.15, 0.2) is 0 Å². The van der Waals surface area contributed by atoms with Gasteiger partial charge in [-0.3, -0.25) is 38.4 Å². The van der Waals surface area contributed by atoms with Gasteiger partial charge in [-0.15, -0.1) is 0 Å². The highest BCUT2D eigenvalue weighted by Crippen LogP contribution is 2.17. The van der Waals surface area contributed by atoms with Gasteiger partial charge in [0, 0.05) is 18.4 Å². The second-order valence-electron chi connectivity index (χ2n) is 16.8. The van der Waals surface area contributed by atoms with Crippen LogP contribution in [0.15, 0.2) is 72.0 Å². The number of carbonyl (C=O) groups excluding carboxylic acids is 9. The molecular formula is C48H65N7O13. The predicted octanol–water partition coefficient (Wildman–Crippen LogP) is 1.52. The molecule has 0 spiro atoms. The number of aromatic hydroxyl groups is 2. The number of methoxy groups -OCH3 is 1. The van der Waals surface area contributed by atoms with Crippen molar-refractivity contribution >= 4 is 53.3 Å². The zero-order valence-corrected chi connectivity index (χ0v) is 39.7. The number of carbonyl (C=O) groups is 9. The summed E-state index contributed by atoms with van der Waals surface area (Å²) in [7, 11) is 1.15. The molecule has 7 atom stereocenters. The molecule has 1 saturated heterocycles. The number of hydrogen-bond donors (Lipinski definition) is 9. The third-order valence-electron chi connectivity index (χ3n) is 11.2. The molecule has 0 aliphatic carbocycles. The van der Waals surface area contributed by atoms with E-state index in [1.54, 1.807) is 45.9 Å². The van der Waals surface area contributed by atoms with Crippen molar-refractivity contribution in [3.63, 3.8) is 0 Å². The molecule has 0 unspecified atom stereocenters. The molecule has 0 saturated carbocycles. The normalized spacial score (nSPS) is 21.2. The highest BCUT2D eigenvalue weighted by Gasteiger charge is 2.38. The van der Waals surface area contributed by atoms with Crippen molar-refractivity contribution in [1.82, 2.24) is 37.2 Å². The maximum Gasteiger partial charge on any atom is 0.328 e. The van der Waals surface area contributed by atoms with E-state index in [4.69, 9.17) is 9.47 Å². The van der Waals surface area contributed by atoms with E-state index >= 15 is 0 Å². The third-order valence-corrected chi connectivity index (χ3v) is 11.2. The fourth-order valence-corrected chi connectivity index (χ4v) is 6.84. The maximum atomic E-state index is 14.4. The number of phenols is 2. The quantitative estimate of drug-likeness (QED) is 0.0619. The zero-order chi connectivity index (χ0) is 50.7. The average Bonchev–Trinajstić information content (AvgIpc) is 3.30. The fraction of sp³-hybridized carbons (Fsp3) is 0.479. The molecule has 7 amide bonds. The number of phenolic OH excluding ortho intramolecular Hbond substituents is 2. The first-order valence-corrected chi connectivity index (χ1v) is 22.4. The van der Waals surface area contributed by atoms with Crippen LogP contribution in [0.3, 0.4) is 0 Å². The summed E-state index contributed by atoms with van der Waals surface area (Å²) < 4.78 is 10.6. The summed E-state index contributed by atoms with van der Waals surface area (Å²) in [5.74, 6) is -8.06. The number of nitrogens with one attached hydrogen (secondary N) is 7. The molecule has 1 heterocycles. The minimum absolute atomic E-state index is 0.00860. The van der Waals surface area contributed by atoms with E-state index in [1.807, 2.05) is 0 Å². The Labute approximate surface area is 395 Å². The highest BCUT2D eigenvalue weighted by molar-refractivity contribution is 6.02. The van der Waals surface area contributed by atoms with Crippen molar-refractivity contribution in [3.8, 4) is 11.5 Å². The van der Waals surface area contributed by atoms with Crippen LogP contribution in [-0.4, -0.2) is 113 Å². The van der Waals surface area contributed by atoms with E-state index in [9.17, 15) is 53.4 Å². The smallest absolute Gasteiger partial charge is 0.328 e. The Kier molecular flexibility index (Phi) is 21.7. The van der Waals surface area contributed by atoms with Gasteiger partial charge in [-0.1, -0.05) is 56.7 Å². The fourth-order valence-electron chi connectivity index (χ4n) is 6.84. The molecule has 20 heteroatoms. The van der Waals surface area contributed by atoms with Gasteiger partial charge in [-0.05, 0) is 102 Å². The molecular weight excluding hydrogens is 883 g/mol. The summed E-state index contributed by atoms with van der Waals surface area (Å²) in [4.78, 5) is 123. The molecule has 68 heavy (non-hydrogen) atoms. The van der Waals surface area contributed by atoms with Crippen molar-refractivity contribution in [2.45, 2.75) is 136 Å². The van der Waals surface area contributed by atoms with Gasteiger partial charge in [0.2, 0.25) is 35.4 Å². The minimum atomic E-state index is -1.75. The predicted molar refractivity (Wildman–Crippen MR) is 248 cm³/mol. The van der Waals surface area contributed by atoms with E-state index in [2.05, 4.69) is 37.2 Å². The number of unbranched alkanes of at least 4 members (excludes halogenated alkanes) is 1. The number of cyclic esters (lactones) is 1. The van der Waals surface area contributed by atoms with Crippen molar-refractivity contribution in [3.05, 3.63) is 83.1 Å². The maximum absolute atomic E-state index is 14.4.